The molecule has 2 amide bonds. The standard InChI is InChI=1S/C22H25FN4O3.C2HF3O2/c1-13-14(2)21(29)25-24-19(13)11-15-6-7-18(23)17(10-15)22(30)26-8-9-27(20(28)12-26)16-4-3-5-16;3-2(4,5)1(6)7/h6-7,10,16H,3-5,8-9,11-12H2,1-2H3,(H,25,29);(H,6,7). The minimum atomic E-state index is -5.08. The van der Waals surface area contributed by atoms with Crippen LogP contribution >= 0.6 is 0 Å². The van der Waals surface area contributed by atoms with Crippen LogP contribution in [-0.4, -0.2) is 74.7 Å². The number of carboxylic acid groups (broad SMARTS) is 1. The SMILES string of the molecule is Cc1c(Cc2ccc(F)c(C(=O)N3CCN(C4CCC4)C(=O)C3)c2)n[nH]c(=O)c1C.O=C(O)C(F)(F)F. The summed E-state index contributed by atoms with van der Waals surface area (Å²) in [5, 5.41) is 13.7. The van der Waals surface area contributed by atoms with E-state index in [1.165, 1.54) is 17.0 Å². The quantitative estimate of drug-likeness (QED) is 0.591. The fourth-order valence-corrected chi connectivity index (χ4v) is 4.00. The van der Waals surface area contributed by atoms with Crippen molar-refractivity contribution in [2.45, 2.75) is 51.7 Å². The van der Waals surface area contributed by atoms with Crippen molar-refractivity contribution in [2.24, 2.45) is 0 Å². The number of hydrogen-bond donors (Lipinski definition) is 2. The van der Waals surface area contributed by atoms with Gasteiger partial charge in [-0.05, 0) is 56.4 Å². The lowest BCUT2D eigenvalue weighted by Crippen LogP contribution is -2.56. The molecule has 13 heteroatoms. The zero-order valence-corrected chi connectivity index (χ0v) is 20.2. The summed E-state index contributed by atoms with van der Waals surface area (Å²) in [5.74, 6) is -3.91. The van der Waals surface area contributed by atoms with Crippen molar-refractivity contribution in [3.63, 3.8) is 0 Å². The lowest BCUT2D eigenvalue weighted by atomic mass is 9.91. The number of carbonyl (C=O) groups is 3. The molecule has 2 N–H and O–H groups in total. The Labute approximate surface area is 209 Å². The van der Waals surface area contributed by atoms with Crippen molar-refractivity contribution >= 4 is 17.8 Å². The van der Waals surface area contributed by atoms with E-state index in [-0.39, 0.29) is 23.6 Å². The average Bonchev–Trinajstić information content (AvgIpc) is 2.80. The van der Waals surface area contributed by atoms with E-state index in [1.54, 1.807) is 13.0 Å². The summed E-state index contributed by atoms with van der Waals surface area (Å²) < 4.78 is 46.2. The van der Waals surface area contributed by atoms with E-state index in [0.29, 0.717) is 42.4 Å². The zero-order valence-electron chi connectivity index (χ0n) is 20.2. The number of carboxylic acids is 1. The molecule has 1 saturated heterocycles. The van der Waals surface area contributed by atoms with Gasteiger partial charge in [0.25, 0.3) is 11.5 Å². The summed E-state index contributed by atoms with van der Waals surface area (Å²) >= 11 is 0. The molecule has 1 saturated carbocycles. The highest BCUT2D eigenvalue weighted by atomic mass is 19.4. The highest BCUT2D eigenvalue weighted by Gasteiger charge is 2.38. The van der Waals surface area contributed by atoms with Crippen molar-refractivity contribution in [1.82, 2.24) is 20.0 Å². The van der Waals surface area contributed by atoms with Crippen molar-refractivity contribution < 1.29 is 37.1 Å². The third-order valence-corrected chi connectivity index (χ3v) is 6.56. The molecule has 0 radical (unpaired) electrons. The summed E-state index contributed by atoms with van der Waals surface area (Å²) in [6.07, 6.45) is -1.54. The van der Waals surface area contributed by atoms with E-state index in [0.717, 1.165) is 24.8 Å². The van der Waals surface area contributed by atoms with Gasteiger partial charge in [-0.25, -0.2) is 14.3 Å². The molecule has 1 aliphatic heterocycles. The number of rotatable bonds is 4. The van der Waals surface area contributed by atoms with E-state index in [9.17, 15) is 31.9 Å². The smallest absolute Gasteiger partial charge is 0.475 e. The van der Waals surface area contributed by atoms with E-state index in [2.05, 4.69) is 10.2 Å². The number of carbonyl (C=O) groups excluding carboxylic acids is 2. The lowest BCUT2D eigenvalue weighted by Gasteiger charge is -2.42. The number of aromatic nitrogens is 2. The van der Waals surface area contributed by atoms with Crippen LogP contribution < -0.4 is 5.56 Å². The van der Waals surface area contributed by atoms with Gasteiger partial charge < -0.3 is 14.9 Å². The van der Waals surface area contributed by atoms with E-state index in [1.807, 2.05) is 11.8 Å². The number of nitrogens with one attached hydrogen (secondary N) is 1. The number of H-pyrrole nitrogens is 1. The summed E-state index contributed by atoms with van der Waals surface area (Å²) in [4.78, 5) is 49.3. The van der Waals surface area contributed by atoms with Crippen molar-refractivity contribution in [3.05, 3.63) is 62.3 Å². The fourth-order valence-electron chi connectivity index (χ4n) is 4.00. The number of benzene rings is 1. The minimum absolute atomic E-state index is 0.0151. The van der Waals surface area contributed by atoms with Gasteiger partial charge in [0.05, 0.1) is 11.3 Å². The second kappa shape index (κ2) is 11.1. The van der Waals surface area contributed by atoms with Gasteiger partial charge in [0.1, 0.15) is 12.4 Å². The number of amides is 2. The molecule has 1 aliphatic carbocycles. The highest BCUT2D eigenvalue weighted by Crippen LogP contribution is 2.26. The second-order valence-corrected chi connectivity index (χ2v) is 8.94. The molecule has 9 nitrogen and oxygen atoms in total. The summed E-state index contributed by atoms with van der Waals surface area (Å²) in [6.45, 7) is 4.43. The first-order chi connectivity index (χ1) is 17.3. The number of nitrogens with zero attached hydrogens (tertiary/aromatic N) is 3. The number of halogens is 4. The molecule has 4 rings (SSSR count). The van der Waals surface area contributed by atoms with Gasteiger partial charge in [-0.3, -0.25) is 14.4 Å². The molecule has 0 bridgehead atoms. The molecule has 2 heterocycles. The minimum Gasteiger partial charge on any atom is -0.475 e. The first kappa shape index (κ1) is 27.8. The molecule has 0 atom stereocenters. The number of piperazine rings is 1. The van der Waals surface area contributed by atoms with Gasteiger partial charge in [0, 0.05) is 31.1 Å². The van der Waals surface area contributed by atoms with Gasteiger partial charge in [-0.15, -0.1) is 0 Å². The van der Waals surface area contributed by atoms with Gasteiger partial charge in [-0.1, -0.05) is 6.07 Å². The van der Waals surface area contributed by atoms with Crippen molar-refractivity contribution in [2.75, 3.05) is 19.6 Å². The van der Waals surface area contributed by atoms with Crippen molar-refractivity contribution in [3.8, 4) is 0 Å². The van der Waals surface area contributed by atoms with Crippen LogP contribution in [-0.2, 0) is 16.0 Å². The topological polar surface area (TPSA) is 124 Å². The van der Waals surface area contributed by atoms with Crippen LogP contribution in [0.15, 0.2) is 23.0 Å². The summed E-state index contributed by atoms with van der Waals surface area (Å²) in [7, 11) is 0. The Hall–Kier alpha value is -3.77. The predicted octanol–water partition coefficient (Wildman–Crippen LogP) is 2.59. The summed E-state index contributed by atoms with van der Waals surface area (Å²) in [6, 6.07) is 4.68. The predicted molar refractivity (Wildman–Crippen MR) is 122 cm³/mol. The highest BCUT2D eigenvalue weighted by molar-refractivity contribution is 5.97. The number of aliphatic carboxylic acids is 1. The van der Waals surface area contributed by atoms with Crippen LogP contribution in [0.25, 0.3) is 0 Å². The normalized spacial score (nSPS) is 16.1. The Bertz CT molecular complexity index is 1260. The van der Waals surface area contributed by atoms with Crippen molar-refractivity contribution in [1.29, 1.82) is 0 Å². The van der Waals surface area contributed by atoms with Crippen LogP contribution in [0.1, 0.15) is 52.0 Å². The van der Waals surface area contributed by atoms with Crippen LogP contribution in [0.3, 0.4) is 0 Å². The third kappa shape index (κ3) is 6.52. The maximum Gasteiger partial charge on any atom is 0.490 e. The number of hydrogen-bond acceptors (Lipinski definition) is 5. The Morgan fingerprint density at radius 3 is 2.32 bits per heavy atom. The molecule has 2 aromatic rings. The van der Waals surface area contributed by atoms with Crippen LogP contribution in [0.2, 0.25) is 0 Å². The molecule has 37 heavy (non-hydrogen) atoms. The van der Waals surface area contributed by atoms with E-state index >= 15 is 0 Å². The van der Waals surface area contributed by atoms with E-state index < -0.39 is 23.9 Å². The Kier molecular flexibility index (Phi) is 8.34. The first-order valence-corrected chi connectivity index (χ1v) is 11.5. The molecular weight excluding hydrogens is 500 g/mol. The van der Waals surface area contributed by atoms with Gasteiger partial charge in [0.15, 0.2) is 0 Å². The number of aromatic amines is 1. The van der Waals surface area contributed by atoms with Crippen LogP contribution in [0.5, 0.6) is 0 Å². The van der Waals surface area contributed by atoms with Crippen LogP contribution in [0.4, 0.5) is 17.6 Å². The monoisotopic (exact) mass is 526 g/mol. The summed E-state index contributed by atoms with van der Waals surface area (Å²) in [5.41, 5.74) is 2.45. The zero-order chi connectivity index (χ0) is 27.5. The first-order valence-electron chi connectivity index (χ1n) is 11.5. The molecule has 200 valence electrons. The Balaban J connectivity index is 0.000000479. The van der Waals surface area contributed by atoms with Gasteiger partial charge >= 0.3 is 12.1 Å². The fraction of sp³-hybridized carbons (Fsp3) is 0.458. The molecular formula is C24H26F4N4O5. The molecule has 1 aromatic heterocycles. The molecule has 0 unspecified atom stereocenters. The van der Waals surface area contributed by atoms with Gasteiger partial charge in [-0.2, -0.15) is 18.3 Å². The molecule has 2 fully saturated rings. The van der Waals surface area contributed by atoms with Gasteiger partial charge in [0.2, 0.25) is 5.91 Å². The van der Waals surface area contributed by atoms with E-state index in [4.69, 9.17) is 9.90 Å². The molecule has 0 spiro atoms. The second-order valence-electron chi connectivity index (χ2n) is 8.94. The average molecular weight is 526 g/mol. The largest absolute Gasteiger partial charge is 0.490 e. The maximum absolute atomic E-state index is 14.5. The maximum atomic E-state index is 14.5. The Morgan fingerprint density at radius 1 is 1.14 bits per heavy atom. The number of alkyl halides is 3. The lowest BCUT2D eigenvalue weighted by molar-refractivity contribution is -0.192. The van der Waals surface area contributed by atoms with Crippen LogP contribution in [0, 0.1) is 19.7 Å². The molecule has 2 aliphatic rings. The third-order valence-electron chi connectivity index (χ3n) is 6.56. The molecule has 1 aromatic carbocycles. The Morgan fingerprint density at radius 2 is 1.78 bits per heavy atom.